The predicted molar refractivity (Wildman–Crippen MR) is 111 cm³/mol. The van der Waals surface area contributed by atoms with E-state index in [9.17, 15) is 22.8 Å². The summed E-state index contributed by atoms with van der Waals surface area (Å²) in [4.78, 5) is 31.7. The molecule has 1 spiro atoms. The number of ether oxygens (including phenoxy) is 1. The molecular formula is C22H30F3N3O3. The van der Waals surface area contributed by atoms with Gasteiger partial charge in [-0.05, 0) is 58.2 Å². The van der Waals surface area contributed by atoms with Crippen LogP contribution >= 0.6 is 0 Å². The van der Waals surface area contributed by atoms with Gasteiger partial charge in [0.05, 0.1) is 12.1 Å². The van der Waals surface area contributed by atoms with Crippen molar-refractivity contribution in [1.29, 1.82) is 0 Å². The molecule has 2 aliphatic heterocycles. The number of hydrogen-bond donors (Lipinski definition) is 1. The van der Waals surface area contributed by atoms with Gasteiger partial charge < -0.3 is 15.0 Å². The van der Waals surface area contributed by atoms with Gasteiger partial charge in [0.15, 0.2) is 0 Å². The lowest BCUT2D eigenvalue weighted by atomic mass is 9.85. The van der Waals surface area contributed by atoms with Gasteiger partial charge in [-0.25, -0.2) is 4.79 Å². The Hall–Kier alpha value is -2.16. The second-order valence-electron chi connectivity index (χ2n) is 8.32. The Balaban J connectivity index is 1.63. The Bertz CT molecular complexity index is 817. The van der Waals surface area contributed by atoms with Crippen LogP contribution in [0, 0.1) is 0 Å². The van der Waals surface area contributed by atoms with Crippen LogP contribution < -0.4 is 5.32 Å². The lowest BCUT2D eigenvalue weighted by molar-refractivity contribution is -0.148. The summed E-state index contributed by atoms with van der Waals surface area (Å²) in [5, 5.41) is 2.78. The number of esters is 1. The highest BCUT2D eigenvalue weighted by molar-refractivity contribution is 6.07. The zero-order valence-electron chi connectivity index (χ0n) is 18.1. The Morgan fingerprint density at radius 2 is 2.03 bits per heavy atom. The number of allylic oxidation sites excluding steroid dienone is 2. The molecule has 1 fully saturated rings. The molecule has 3 aliphatic rings. The van der Waals surface area contributed by atoms with E-state index in [0.717, 1.165) is 32.1 Å². The second-order valence-corrected chi connectivity index (χ2v) is 8.32. The van der Waals surface area contributed by atoms with Gasteiger partial charge in [-0.15, -0.1) is 0 Å². The van der Waals surface area contributed by atoms with E-state index < -0.39 is 23.3 Å². The lowest BCUT2D eigenvalue weighted by Gasteiger charge is -2.29. The van der Waals surface area contributed by atoms with Crippen LogP contribution in [0.2, 0.25) is 0 Å². The van der Waals surface area contributed by atoms with Gasteiger partial charge in [0, 0.05) is 36.4 Å². The molecule has 1 amide bonds. The highest BCUT2D eigenvalue weighted by Crippen LogP contribution is 2.41. The van der Waals surface area contributed by atoms with Crippen molar-refractivity contribution in [2.24, 2.45) is 4.99 Å². The van der Waals surface area contributed by atoms with Crippen molar-refractivity contribution >= 4 is 17.6 Å². The maximum Gasteiger partial charge on any atom is 0.412 e. The fourth-order valence-corrected chi connectivity index (χ4v) is 4.57. The number of carbonyl (C=O) groups excluding carboxylic acids is 2. The first-order valence-corrected chi connectivity index (χ1v) is 10.9. The number of nitrogens with one attached hydrogen (secondary N) is 1. The molecule has 1 N–H and O–H groups in total. The van der Waals surface area contributed by atoms with Crippen molar-refractivity contribution in [1.82, 2.24) is 10.2 Å². The lowest BCUT2D eigenvalue weighted by Crippen LogP contribution is -2.41. The molecule has 31 heavy (non-hydrogen) atoms. The summed E-state index contributed by atoms with van der Waals surface area (Å²) in [5.74, 6) is -0.814. The first kappa shape index (κ1) is 23.5. The molecule has 172 valence electrons. The molecule has 0 aromatic heterocycles. The van der Waals surface area contributed by atoms with Crippen LogP contribution in [0.25, 0.3) is 0 Å². The highest BCUT2D eigenvalue weighted by Gasteiger charge is 2.49. The van der Waals surface area contributed by atoms with E-state index in [-0.39, 0.29) is 25.4 Å². The Morgan fingerprint density at radius 3 is 2.74 bits per heavy atom. The number of rotatable bonds is 5. The number of carbonyl (C=O) groups is 2. The van der Waals surface area contributed by atoms with Crippen LogP contribution in [0.15, 0.2) is 27.8 Å². The van der Waals surface area contributed by atoms with Crippen LogP contribution in [-0.2, 0) is 14.3 Å². The average Bonchev–Trinajstić information content (AvgIpc) is 2.85. The SMILES string of the molecule is CCN1CCCC2(CC1)OC(=O)C(C)=C2C(=O)NCCN=C1C=C(C(F)(F)F)CCC1. The van der Waals surface area contributed by atoms with Crippen molar-refractivity contribution < 1.29 is 27.5 Å². The smallest absolute Gasteiger partial charge is 0.412 e. The van der Waals surface area contributed by atoms with Crippen LogP contribution in [0.5, 0.6) is 0 Å². The minimum atomic E-state index is -4.32. The summed E-state index contributed by atoms with van der Waals surface area (Å²) in [6.45, 7) is 6.59. The molecule has 0 aromatic rings. The summed E-state index contributed by atoms with van der Waals surface area (Å²) in [7, 11) is 0. The van der Waals surface area contributed by atoms with E-state index in [2.05, 4.69) is 22.1 Å². The van der Waals surface area contributed by atoms with Gasteiger partial charge in [-0.1, -0.05) is 6.92 Å². The third-order valence-corrected chi connectivity index (χ3v) is 6.28. The van der Waals surface area contributed by atoms with Gasteiger partial charge in [-0.3, -0.25) is 9.79 Å². The number of hydrogen-bond acceptors (Lipinski definition) is 5. The van der Waals surface area contributed by atoms with Gasteiger partial charge in [-0.2, -0.15) is 13.2 Å². The molecule has 0 bridgehead atoms. The first-order chi connectivity index (χ1) is 14.7. The molecule has 3 rings (SSSR count). The number of alkyl halides is 3. The topological polar surface area (TPSA) is 71.0 Å². The van der Waals surface area contributed by atoms with E-state index in [1.54, 1.807) is 6.92 Å². The van der Waals surface area contributed by atoms with E-state index in [4.69, 9.17) is 4.74 Å². The Morgan fingerprint density at radius 1 is 1.26 bits per heavy atom. The van der Waals surface area contributed by atoms with E-state index in [1.165, 1.54) is 0 Å². The molecule has 2 heterocycles. The van der Waals surface area contributed by atoms with E-state index >= 15 is 0 Å². The molecule has 0 aromatic carbocycles. The van der Waals surface area contributed by atoms with E-state index in [1.807, 2.05) is 0 Å². The van der Waals surface area contributed by atoms with Crippen molar-refractivity contribution in [3.8, 4) is 0 Å². The number of likely N-dealkylation sites (tertiary alicyclic amines) is 1. The summed E-state index contributed by atoms with van der Waals surface area (Å²) in [5.41, 5.74) is -0.323. The van der Waals surface area contributed by atoms with Crippen LogP contribution in [0.3, 0.4) is 0 Å². The summed E-state index contributed by atoms with van der Waals surface area (Å²) >= 11 is 0. The molecule has 1 saturated heterocycles. The Kier molecular flexibility index (Phi) is 7.24. The molecule has 9 heteroatoms. The summed E-state index contributed by atoms with van der Waals surface area (Å²) < 4.78 is 44.3. The standard InChI is InChI=1S/C22H30F3N3O3/c1-3-28-12-5-8-21(9-13-28)18(15(2)20(30)31-21)19(29)27-11-10-26-17-7-4-6-16(14-17)22(23,24)25/h14H,3-13H2,1-2H3,(H,27,29). The zero-order chi connectivity index (χ0) is 22.6. The van der Waals surface area contributed by atoms with Crippen molar-refractivity contribution in [3.63, 3.8) is 0 Å². The molecule has 1 aliphatic carbocycles. The molecular weight excluding hydrogens is 411 g/mol. The minimum Gasteiger partial charge on any atom is -0.451 e. The maximum atomic E-state index is 12.9. The fraction of sp³-hybridized carbons (Fsp3) is 0.682. The van der Waals surface area contributed by atoms with Crippen molar-refractivity contribution in [2.75, 3.05) is 32.7 Å². The number of nitrogens with zero attached hydrogens (tertiary/aromatic N) is 2. The number of amides is 1. The minimum absolute atomic E-state index is 0.0122. The van der Waals surface area contributed by atoms with Crippen LogP contribution in [0.1, 0.15) is 52.4 Å². The Labute approximate surface area is 180 Å². The largest absolute Gasteiger partial charge is 0.451 e. The quantitative estimate of drug-likeness (QED) is 0.525. The van der Waals surface area contributed by atoms with Crippen LogP contribution in [-0.4, -0.2) is 67.0 Å². The van der Waals surface area contributed by atoms with Crippen LogP contribution in [0.4, 0.5) is 13.2 Å². The average molecular weight is 441 g/mol. The van der Waals surface area contributed by atoms with E-state index in [0.29, 0.717) is 42.5 Å². The summed E-state index contributed by atoms with van der Waals surface area (Å²) in [6.07, 6.45) is -0.291. The molecule has 0 saturated carbocycles. The fourth-order valence-electron chi connectivity index (χ4n) is 4.57. The van der Waals surface area contributed by atoms with Gasteiger partial charge in [0.1, 0.15) is 5.60 Å². The molecule has 1 atom stereocenters. The van der Waals surface area contributed by atoms with Gasteiger partial charge >= 0.3 is 12.1 Å². The maximum absolute atomic E-state index is 12.9. The van der Waals surface area contributed by atoms with Gasteiger partial charge in [0.25, 0.3) is 5.91 Å². The van der Waals surface area contributed by atoms with Gasteiger partial charge in [0.2, 0.25) is 0 Å². The molecule has 1 unspecified atom stereocenters. The predicted octanol–water partition coefficient (Wildman–Crippen LogP) is 3.33. The zero-order valence-corrected chi connectivity index (χ0v) is 18.1. The highest BCUT2D eigenvalue weighted by atomic mass is 19.4. The molecule has 6 nitrogen and oxygen atoms in total. The van der Waals surface area contributed by atoms with Crippen molar-refractivity contribution in [2.45, 2.75) is 64.1 Å². The number of aliphatic imine (C=N–C) groups is 1. The summed E-state index contributed by atoms with van der Waals surface area (Å²) in [6, 6.07) is 0. The number of halogens is 3. The third kappa shape index (κ3) is 5.37. The van der Waals surface area contributed by atoms with Crippen molar-refractivity contribution in [3.05, 3.63) is 22.8 Å². The third-order valence-electron chi connectivity index (χ3n) is 6.28. The first-order valence-electron chi connectivity index (χ1n) is 10.9. The second kappa shape index (κ2) is 9.54. The monoisotopic (exact) mass is 441 g/mol. The normalized spacial score (nSPS) is 26.8. The molecule has 0 radical (unpaired) electrons.